The molecule has 48 heavy (non-hydrogen) atoms. The second-order valence-electron chi connectivity index (χ2n) is 14.0. The molecule has 2 aliphatic rings. The summed E-state index contributed by atoms with van der Waals surface area (Å²) >= 11 is 0. The minimum Gasteiger partial charge on any atom is -0.550 e. The van der Waals surface area contributed by atoms with Gasteiger partial charge in [0.1, 0.15) is 11.5 Å². The van der Waals surface area contributed by atoms with Crippen LogP contribution in [0.25, 0.3) is 0 Å². The van der Waals surface area contributed by atoms with Gasteiger partial charge in [0.15, 0.2) is 0 Å². The first-order chi connectivity index (χ1) is 22.0. The number of benzene rings is 2. The molecule has 2 fully saturated rings. The van der Waals surface area contributed by atoms with Crippen molar-refractivity contribution in [3.8, 4) is 11.5 Å². The second-order valence-corrected chi connectivity index (χ2v) is 14.0. The van der Waals surface area contributed by atoms with Crippen LogP contribution in [0.4, 0.5) is 0 Å². The fourth-order valence-electron chi connectivity index (χ4n) is 6.49. The number of hydrogen-bond acceptors (Lipinski definition) is 8. The van der Waals surface area contributed by atoms with Crippen molar-refractivity contribution in [2.24, 2.45) is 15.9 Å². The van der Waals surface area contributed by atoms with Crippen LogP contribution in [0.5, 0.6) is 11.5 Å². The van der Waals surface area contributed by atoms with E-state index in [0.717, 1.165) is 68.2 Å². The van der Waals surface area contributed by atoms with Crippen LogP contribution in [0.15, 0.2) is 34.3 Å². The number of hydrogen-bond donors (Lipinski definition) is 2. The Morgan fingerprint density at radius 2 is 1.25 bits per heavy atom. The number of carbonyl (C=O) groups is 2. The van der Waals surface area contributed by atoms with E-state index in [4.69, 9.17) is 29.8 Å². The molecule has 8 nitrogen and oxygen atoms in total. The standard InChI is InChI=1S/C35H50N2O2.2C2H4O2.Co/c1-9-23(7)26-14-28(33(38)30(16-26)21(3)4)19-36-32-13-25-11-12-35(32,18-25)37-20-29-15-27(24(8)10-2)17-31(22(5)6)34(29)39;2*1-2(3)4;/h14-17,19-25,32,38-39H,9-13,18H2,1-8H3;2*1H3,(H,3,4);/q;;;+2/p-2. The molecule has 0 amide bonds. The summed E-state index contributed by atoms with van der Waals surface area (Å²) < 4.78 is 0. The third kappa shape index (κ3) is 11.5. The number of fused-ring (bicyclic) bond motifs is 2. The Morgan fingerprint density at radius 1 is 0.833 bits per heavy atom. The summed E-state index contributed by atoms with van der Waals surface area (Å²) in [6, 6.07) is 8.67. The molecular formula is C39H56CoN2O6. The summed E-state index contributed by atoms with van der Waals surface area (Å²) in [5.41, 5.74) is 5.92. The quantitative estimate of drug-likeness (QED) is 0.262. The van der Waals surface area contributed by atoms with Crippen LogP contribution < -0.4 is 10.2 Å². The number of nitrogens with zero attached hydrogens (tertiary/aromatic N) is 2. The summed E-state index contributed by atoms with van der Waals surface area (Å²) in [6.07, 6.45) is 10.3. The third-order valence-corrected chi connectivity index (χ3v) is 9.65. The van der Waals surface area contributed by atoms with Crippen LogP contribution in [-0.2, 0) is 26.4 Å². The molecule has 5 unspecified atom stereocenters. The first kappa shape index (κ1) is 42.8. The molecule has 267 valence electrons. The van der Waals surface area contributed by atoms with Crippen LogP contribution in [-0.4, -0.2) is 46.2 Å². The number of carbonyl (C=O) groups excluding carboxylic acids is 2. The molecule has 0 aliphatic heterocycles. The number of carboxylic acids is 2. The Labute approximate surface area is 298 Å². The van der Waals surface area contributed by atoms with Crippen molar-refractivity contribution in [1.82, 2.24) is 0 Å². The van der Waals surface area contributed by atoms with E-state index in [1.807, 2.05) is 12.4 Å². The van der Waals surface area contributed by atoms with Crippen molar-refractivity contribution in [3.05, 3.63) is 57.6 Å². The zero-order valence-corrected chi connectivity index (χ0v) is 31.5. The van der Waals surface area contributed by atoms with Gasteiger partial charge in [-0.05, 0) is 116 Å². The minimum absolute atomic E-state index is 0. The van der Waals surface area contributed by atoms with Gasteiger partial charge in [-0.3, -0.25) is 9.98 Å². The Bertz CT molecular complexity index is 1420. The SMILES string of the molecule is CC(=O)[O-].CC(=O)[O-].CCC(C)c1cc(C=NC2CC3CCC2(N=Cc2cc(C(C)CC)cc(C(C)C)c2O)C3)c(O)c(C(C)C)c1.[Co+2]. The topological polar surface area (TPSA) is 145 Å². The molecular weight excluding hydrogens is 651 g/mol. The van der Waals surface area contributed by atoms with Gasteiger partial charge in [-0.15, -0.1) is 0 Å². The van der Waals surface area contributed by atoms with Crippen LogP contribution in [0.1, 0.15) is 165 Å². The van der Waals surface area contributed by atoms with Crippen molar-refractivity contribution < 1.29 is 46.8 Å². The molecule has 4 rings (SSSR count). The van der Waals surface area contributed by atoms with E-state index in [9.17, 15) is 10.2 Å². The predicted molar refractivity (Wildman–Crippen MR) is 187 cm³/mol. The van der Waals surface area contributed by atoms with Crippen molar-refractivity contribution in [2.75, 3.05) is 0 Å². The number of aromatic hydroxyl groups is 2. The van der Waals surface area contributed by atoms with Gasteiger partial charge in [-0.25, -0.2) is 0 Å². The van der Waals surface area contributed by atoms with E-state index in [2.05, 4.69) is 79.7 Å². The number of phenols is 2. The van der Waals surface area contributed by atoms with Crippen LogP contribution in [0, 0.1) is 5.92 Å². The molecule has 2 N–H and O–H groups in total. The Hall–Kier alpha value is -3.17. The Balaban J connectivity index is 0.00000115. The molecule has 2 aliphatic carbocycles. The maximum atomic E-state index is 11.1. The van der Waals surface area contributed by atoms with Gasteiger partial charge >= 0.3 is 16.8 Å². The van der Waals surface area contributed by atoms with Crippen molar-refractivity contribution in [2.45, 2.75) is 143 Å². The average molecular weight is 708 g/mol. The van der Waals surface area contributed by atoms with E-state index < -0.39 is 11.9 Å². The molecule has 0 spiro atoms. The molecule has 0 saturated heterocycles. The molecule has 0 heterocycles. The van der Waals surface area contributed by atoms with E-state index >= 15 is 0 Å². The molecule has 0 aromatic heterocycles. The van der Waals surface area contributed by atoms with Gasteiger partial charge in [-0.1, -0.05) is 67.5 Å². The zero-order chi connectivity index (χ0) is 35.6. The van der Waals surface area contributed by atoms with E-state index in [-0.39, 0.29) is 40.2 Å². The number of aliphatic imine (C=N–C) groups is 2. The largest absolute Gasteiger partial charge is 2.00 e. The molecule has 2 aromatic rings. The predicted octanol–water partition coefficient (Wildman–Crippen LogP) is 6.73. The fraction of sp³-hybridized carbons (Fsp3) is 0.590. The smallest absolute Gasteiger partial charge is 0.550 e. The second kappa shape index (κ2) is 19.1. The van der Waals surface area contributed by atoms with Gasteiger partial charge in [0.2, 0.25) is 0 Å². The normalized spacial score (nSPS) is 21.0. The van der Waals surface area contributed by atoms with E-state index in [0.29, 0.717) is 29.3 Å². The van der Waals surface area contributed by atoms with Gasteiger partial charge in [0, 0.05) is 35.5 Å². The van der Waals surface area contributed by atoms with Crippen molar-refractivity contribution >= 4 is 24.4 Å². The molecule has 1 radical (unpaired) electrons. The van der Waals surface area contributed by atoms with Gasteiger partial charge < -0.3 is 30.0 Å². The number of carboxylic acid groups (broad SMARTS) is 2. The average Bonchev–Trinajstić information content (AvgIpc) is 3.57. The summed E-state index contributed by atoms with van der Waals surface area (Å²) in [7, 11) is 0. The van der Waals surface area contributed by atoms with Crippen molar-refractivity contribution in [3.63, 3.8) is 0 Å². The molecule has 2 saturated carbocycles. The number of aliphatic carboxylic acids is 2. The van der Waals surface area contributed by atoms with Crippen LogP contribution >= 0.6 is 0 Å². The van der Waals surface area contributed by atoms with E-state index in [1.165, 1.54) is 17.5 Å². The first-order valence-corrected chi connectivity index (χ1v) is 17.1. The van der Waals surface area contributed by atoms with Crippen LogP contribution in [0.3, 0.4) is 0 Å². The third-order valence-electron chi connectivity index (χ3n) is 9.65. The molecule has 5 atom stereocenters. The Kier molecular flexibility index (Phi) is 17.1. The summed E-state index contributed by atoms with van der Waals surface area (Å²) in [4.78, 5) is 28.1. The van der Waals surface area contributed by atoms with Gasteiger partial charge in [-0.2, -0.15) is 0 Å². The van der Waals surface area contributed by atoms with Crippen LogP contribution in [0.2, 0.25) is 0 Å². The monoisotopic (exact) mass is 707 g/mol. The summed E-state index contributed by atoms with van der Waals surface area (Å²) in [6.45, 7) is 19.4. The Morgan fingerprint density at radius 3 is 1.62 bits per heavy atom. The number of rotatable bonds is 10. The summed E-state index contributed by atoms with van der Waals surface area (Å²) in [5.74, 6) is 0.544. The van der Waals surface area contributed by atoms with Gasteiger partial charge in [0.05, 0.1) is 11.6 Å². The minimum atomic E-state index is -1.08. The van der Waals surface area contributed by atoms with Gasteiger partial charge in [0.25, 0.3) is 0 Å². The molecule has 2 bridgehead atoms. The van der Waals surface area contributed by atoms with E-state index in [1.54, 1.807) is 0 Å². The maximum absolute atomic E-state index is 11.1. The fourth-order valence-corrected chi connectivity index (χ4v) is 6.49. The summed E-state index contributed by atoms with van der Waals surface area (Å²) in [5, 5.41) is 40.0. The zero-order valence-electron chi connectivity index (χ0n) is 30.4. The maximum Gasteiger partial charge on any atom is 2.00 e. The first-order valence-electron chi connectivity index (χ1n) is 17.1. The van der Waals surface area contributed by atoms with Crippen molar-refractivity contribution in [1.29, 1.82) is 0 Å². The molecule has 9 heteroatoms. The number of phenolic OH excluding ortho intramolecular Hbond substituents is 2. The molecule has 2 aromatic carbocycles.